The number of aromatic nitrogens is 2. The number of rotatable bonds is 4. The highest BCUT2D eigenvalue weighted by Gasteiger charge is 2.35. The first kappa shape index (κ1) is 14.9. The first-order valence-corrected chi connectivity index (χ1v) is 6.28. The van der Waals surface area contributed by atoms with Gasteiger partial charge in [0.05, 0.1) is 12.7 Å². The van der Waals surface area contributed by atoms with Crippen LogP contribution in [0.2, 0.25) is 0 Å². The number of ether oxygens (including phenoxy) is 1. The van der Waals surface area contributed by atoms with Crippen molar-refractivity contribution in [3.05, 3.63) is 27.8 Å². The average molecular weight is 304 g/mol. The van der Waals surface area contributed by atoms with Crippen molar-refractivity contribution >= 4 is 23.5 Å². The predicted molar refractivity (Wildman–Crippen MR) is 70.4 cm³/mol. The van der Waals surface area contributed by atoms with Crippen LogP contribution in [0.5, 0.6) is 0 Å². The highest BCUT2D eigenvalue weighted by atomic mass is 35.5. The third kappa shape index (κ3) is 2.84. The highest BCUT2D eigenvalue weighted by Crippen LogP contribution is 2.28. The summed E-state index contributed by atoms with van der Waals surface area (Å²) in [7, 11) is 0. The highest BCUT2D eigenvalue weighted by molar-refractivity contribution is 6.27. The zero-order chi connectivity index (χ0) is 14.7. The second-order valence-corrected chi connectivity index (χ2v) is 4.51. The third-order valence-corrected chi connectivity index (χ3v) is 3.15. The molecule has 0 spiro atoms. The normalized spacial score (nSPS) is 26.3. The van der Waals surface area contributed by atoms with Crippen molar-refractivity contribution in [1.82, 2.24) is 9.55 Å². The van der Waals surface area contributed by atoms with E-state index in [0.717, 1.165) is 0 Å². The number of anilines is 1. The summed E-state index contributed by atoms with van der Waals surface area (Å²) in [5.41, 5.74) is 2.71. The van der Waals surface area contributed by atoms with Gasteiger partial charge in [0, 0.05) is 23.7 Å². The van der Waals surface area contributed by atoms with Crippen LogP contribution < -0.4 is 11.2 Å². The van der Waals surface area contributed by atoms with Crippen LogP contribution in [0.3, 0.4) is 0 Å². The number of aliphatic hydroxyl groups excluding tert-OH is 2. The lowest BCUT2D eigenvalue weighted by Gasteiger charge is -2.15. The Morgan fingerprint density at radius 2 is 2.40 bits per heavy atom. The van der Waals surface area contributed by atoms with Crippen LogP contribution in [-0.2, 0) is 4.74 Å². The van der Waals surface area contributed by atoms with Gasteiger partial charge in [-0.25, -0.2) is 4.79 Å². The summed E-state index contributed by atoms with van der Waals surface area (Å²) in [6.07, 6.45) is 0.636. The van der Waals surface area contributed by atoms with E-state index in [1.165, 1.54) is 22.4 Å². The van der Waals surface area contributed by atoms with Gasteiger partial charge in [-0.15, -0.1) is 0 Å². The minimum Gasteiger partial charge on any atom is -0.394 e. The fourth-order valence-corrected chi connectivity index (χ4v) is 2.16. The fraction of sp³-hybridized carbons (Fsp3) is 0.455. The van der Waals surface area contributed by atoms with E-state index < -0.39 is 24.1 Å². The SMILES string of the molecule is O=c1nc(NO)c(C=CCl)cn1[C@H]1C[C@H](O)[C@@H](CO)O1. The summed E-state index contributed by atoms with van der Waals surface area (Å²) in [6.45, 7) is -0.343. The fourth-order valence-electron chi connectivity index (χ4n) is 2.02. The van der Waals surface area contributed by atoms with Crippen molar-refractivity contribution in [2.75, 3.05) is 12.1 Å². The molecule has 0 saturated carbocycles. The standard InChI is InChI=1S/C11H14ClN3O5/c12-2-1-6-4-15(11(18)13-10(6)14-19)9-3-7(17)8(5-16)20-9/h1-2,4,7-9,16-17,19H,3,5H2,(H,13,14,18)/t7-,8+,9+/m0/s1. The van der Waals surface area contributed by atoms with Crippen LogP contribution in [0, 0.1) is 0 Å². The van der Waals surface area contributed by atoms with E-state index in [1.54, 1.807) is 5.48 Å². The number of nitrogens with zero attached hydrogens (tertiary/aromatic N) is 2. The summed E-state index contributed by atoms with van der Waals surface area (Å²) in [4.78, 5) is 15.5. The maximum absolute atomic E-state index is 11.9. The molecule has 0 aliphatic carbocycles. The lowest BCUT2D eigenvalue weighted by atomic mass is 10.2. The first-order valence-electron chi connectivity index (χ1n) is 5.85. The molecule has 20 heavy (non-hydrogen) atoms. The molecule has 1 fully saturated rings. The number of halogens is 1. The molecule has 1 saturated heterocycles. The lowest BCUT2D eigenvalue weighted by Crippen LogP contribution is -2.28. The second-order valence-electron chi connectivity index (χ2n) is 4.25. The summed E-state index contributed by atoms with van der Waals surface area (Å²) in [6, 6.07) is 0. The van der Waals surface area contributed by atoms with Crippen molar-refractivity contribution in [2.45, 2.75) is 24.9 Å². The van der Waals surface area contributed by atoms with Crippen molar-refractivity contribution in [1.29, 1.82) is 0 Å². The molecular weight excluding hydrogens is 290 g/mol. The Hall–Kier alpha value is -1.45. The molecule has 8 nitrogen and oxygen atoms in total. The zero-order valence-electron chi connectivity index (χ0n) is 10.3. The van der Waals surface area contributed by atoms with Crippen molar-refractivity contribution < 1.29 is 20.2 Å². The quantitative estimate of drug-likeness (QED) is 0.574. The molecular formula is C11H14ClN3O5. The van der Waals surface area contributed by atoms with Crippen molar-refractivity contribution in [2.24, 2.45) is 0 Å². The Labute approximate surface area is 118 Å². The van der Waals surface area contributed by atoms with Gasteiger partial charge in [0.1, 0.15) is 12.3 Å². The third-order valence-electron chi connectivity index (χ3n) is 3.02. The van der Waals surface area contributed by atoms with Gasteiger partial charge in [0.2, 0.25) is 0 Å². The zero-order valence-corrected chi connectivity index (χ0v) is 11.1. The molecule has 110 valence electrons. The number of hydrogen-bond acceptors (Lipinski definition) is 7. The van der Waals surface area contributed by atoms with Crippen LogP contribution >= 0.6 is 11.6 Å². The smallest absolute Gasteiger partial charge is 0.351 e. The number of nitrogens with one attached hydrogen (secondary N) is 1. The van der Waals surface area contributed by atoms with Crippen LogP contribution in [-0.4, -0.2) is 43.8 Å². The van der Waals surface area contributed by atoms with Gasteiger partial charge in [-0.3, -0.25) is 15.3 Å². The minimum absolute atomic E-state index is 0.0413. The molecule has 1 aromatic heterocycles. The summed E-state index contributed by atoms with van der Waals surface area (Å²) < 4.78 is 6.55. The lowest BCUT2D eigenvalue weighted by molar-refractivity contribution is -0.0458. The monoisotopic (exact) mass is 303 g/mol. The molecule has 0 bridgehead atoms. The van der Waals surface area contributed by atoms with Gasteiger partial charge in [0.15, 0.2) is 5.82 Å². The van der Waals surface area contributed by atoms with Gasteiger partial charge >= 0.3 is 5.69 Å². The molecule has 0 unspecified atom stereocenters. The van der Waals surface area contributed by atoms with E-state index in [9.17, 15) is 9.90 Å². The Kier molecular flexibility index (Phi) is 4.73. The molecule has 1 aliphatic rings. The van der Waals surface area contributed by atoms with Crippen LogP contribution in [0.4, 0.5) is 5.82 Å². The van der Waals surface area contributed by atoms with E-state index >= 15 is 0 Å². The van der Waals surface area contributed by atoms with Gasteiger partial charge in [-0.1, -0.05) is 11.6 Å². The molecule has 3 atom stereocenters. The topological polar surface area (TPSA) is 117 Å². The molecule has 1 aliphatic heterocycles. The Bertz CT molecular complexity index is 561. The molecule has 0 amide bonds. The largest absolute Gasteiger partial charge is 0.394 e. The maximum atomic E-state index is 11.9. The second kappa shape index (κ2) is 6.33. The Morgan fingerprint density at radius 1 is 1.65 bits per heavy atom. The Morgan fingerprint density at radius 3 is 2.95 bits per heavy atom. The van der Waals surface area contributed by atoms with Gasteiger partial charge < -0.3 is 14.9 Å². The van der Waals surface area contributed by atoms with Crippen molar-refractivity contribution in [3.63, 3.8) is 0 Å². The average Bonchev–Trinajstić information content (AvgIpc) is 2.81. The van der Waals surface area contributed by atoms with Crippen molar-refractivity contribution in [3.8, 4) is 0 Å². The Balaban J connectivity index is 2.38. The molecule has 0 radical (unpaired) electrons. The number of hydrogen-bond donors (Lipinski definition) is 4. The summed E-state index contributed by atoms with van der Waals surface area (Å²) >= 11 is 5.48. The van der Waals surface area contributed by atoms with E-state index in [2.05, 4.69) is 4.98 Å². The molecule has 0 aromatic carbocycles. The summed E-state index contributed by atoms with van der Waals surface area (Å²) in [5, 5.41) is 27.6. The maximum Gasteiger partial charge on any atom is 0.351 e. The van der Waals surface area contributed by atoms with Gasteiger partial charge in [-0.05, 0) is 6.08 Å². The molecule has 1 aromatic rings. The van der Waals surface area contributed by atoms with Crippen LogP contribution in [0.15, 0.2) is 16.5 Å². The van der Waals surface area contributed by atoms with Crippen LogP contribution in [0.1, 0.15) is 18.2 Å². The van der Waals surface area contributed by atoms with Gasteiger partial charge in [0.25, 0.3) is 0 Å². The van der Waals surface area contributed by atoms with E-state index in [4.69, 9.17) is 26.7 Å². The molecule has 2 heterocycles. The predicted octanol–water partition coefficient (Wildman–Crippen LogP) is -0.105. The van der Waals surface area contributed by atoms with E-state index in [1.807, 2.05) is 0 Å². The minimum atomic E-state index is -0.862. The van der Waals surface area contributed by atoms with Gasteiger partial charge in [-0.2, -0.15) is 4.98 Å². The van der Waals surface area contributed by atoms with E-state index in [-0.39, 0.29) is 18.8 Å². The first-order chi connectivity index (χ1) is 9.60. The summed E-state index contributed by atoms with van der Waals surface area (Å²) in [5.74, 6) is -0.0413. The molecule has 4 N–H and O–H groups in total. The van der Waals surface area contributed by atoms with Crippen LogP contribution in [0.25, 0.3) is 6.08 Å². The molecule has 9 heteroatoms. The molecule has 2 rings (SSSR count). The number of aliphatic hydroxyl groups is 2. The van der Waals surface area contributed by atoms with E-state index in [0.29, 0.717) is 5.56 Å².